The van der Waals surface area contributed by atoms with Gasteiger partial charge in [-0.05, 0) is 19.1 Å². The van der Waals surface area contributed by atoms with E-state index in [9.17, 15) is 9.90 Å². The first-order valence-corrected chi connectivity index (χ1v) is 4.47. The molecule has 0 radical (unpaired) electrons. The smallest absolute Gasteiger partial charge is 0.163 e. The van der Waals surface area contributed by atoms with Gasteiger partial charge in [0.05, 0.1) is 10.4 Å². The molecule has 2 nitrogen and oxygen atoms in total. The zero-order chi connectivity index (χ0) is 9.14. The van der Waals surface area contributed by atoms with Crippen molar-refractivity contribution in [3.63, 3.8) is 0 Å². The number of alkyl halides is 1. The van der Waals surface area contributed by atoms with Gasteiger partial charge in [-0.25, -0.2) is 0 Å². The summed E-state index contributed by atoms with van der Waals surface area (Å²) in [5.41, 5.74) is 0.355. The monoisotopic (exact) mass is 228 g/mol. The molecule has 12 heavy (non-hydrogen) atoms. The quantitative estimate of drug-likeness (QED) is 0.700. The number of Topliss-reactive ketones (excluding diaryl/α,β-unsaturated/α-hetero) is 1. The summed E-state index contributed by atoms with van der Waals surface area (Å²) < 4.78 is 0. The van der Waals surface area contributed by atoms with E-state index >= 15 is 0 Å². The maximum absolute atomic E-state index is 11.0. The third-order valence-corrected chi connectivity index (χ3v) is 2.10. The summed E-state index contributed by atoms with van der Waals surface area (Å²) in [5, 5.41) is 9.39. The Bertz CT molecular complexity index is 287. The van der Waals surface area contributed by atoms with Crippen LogP contribution in [0.1, 0.15) is 6.92 Å². The number of allylic oxidation sites excluding steroid dienone is 5. The molecule has 3 heteroatoms. The molecule has 1 N–H and O–H groups in total. The van der Waals surface area contributed by atoms with Gasteiger partial charge in [-0.3, -0.25) is 4.79 Å². The third kappa shape index (κ3) is 2.08. The van der Waals surface area contributed by atoms with E-state index in [1.807, 2.05) is 6.08 Å². The van der Waals surface area contributed by atoms with Crippen LogP contribution in [0.3, 0.4) is 0 Å². The first-order valence-electron chi connectivity index (χ1n) is 3.56. The Morgan fingerprint density at radius 3 is 2.92 bits per heavy atom. The third-order valence-electron chi connectivity index (χ3n) is 1.53. The standard InChI is InChI=1S/C9H9BrO2/c1-6(11)8-4-2-3-7(10)5-9(8)12/h2-5,7,12H,1H3. The van der Waals surface area contributed by atoms with Crippen LogP contribution in [0.15, 0.2) is 35.6 Å². The molecule has 0 heterocycles. The fourth-order valence-corrected chi connectivity index (χ4v) is 1.36. The van der Waals surface area contributed by atoms with Crippen molar-refractivity contribution in [2.75, 3.05) is 0 Å². The predicted molar refractivity (Wildman–Crippen MR) is 51.3 cm³/mol. The summed E-state index contributed by atoms with van der Waals surface area (Å²) in [6.07, 6.45) is 6.77. The van der Waals surface area contributed by atoms with Crippen LogP contribution < -0.4 is 0 Å². The second-order valence-corrected chi connectivity index (χ2v) is 3.58. The minimum absolute atomic E-state index is 0.00870. The summed E-state index contributed by atoms with van der Waals surface area (Å²) >= 11 is 3.29. The Labute approximate surface area is 79.4 Å². The molecule has 0 spiro atoms. The van der Waals surface area contributed by atoms with Gasteiger partial charge in [0.1, 0.15) is 5.76 Å². The fraction of sp³-hybridized carbons (Fsp3) is 0.222. The van der Waals surface area contributed by atoms with E-state index in [2.05, 4.69) is 15.9 Å². The lowest BCUT2D eigenvalue weighted by atomic mass is 10.1. The highest BCUT2D eigenvalue weighted by Gasteiger charge is 2.11. The summed E-state index contributed by atoms with van der Waals surface area (Å²) in [6.45, 7) is 1.43. The number of hydrogen-bond acceptors (Lipinski definition) is 2. The van der Waals surface area contributed by atoms with Crippen molar-refractivity contribution in [2.45, 2.75) is 11.8 Å². The zero-order valence-corrected chi connectivity index (χ0v) is 8.21. The summed E-state index contributed by atoms with van der Waals surface area (Å²) in [6, 6.07) is 0. The first-order chi connectivity index (χ1) is 5.61. The van der Waals surface area contributed by atoms with Gasteiger partial charge in [0.25, 0.3) is 0 Å². The largest absolute Gasteiger partial charge is 0.507 e. The number of carbonyl (C=O) groups is 1. The second-order valence-electron chi connectivity index (χ2n) is 2.52. The molecule has 64 valence electrons. The van der Waals surface area contributed by atoms with Gasteiger partial charge < -0.3 is 5.11 Å². The molecule has 0 aromatic rings. The Balaban J connectivity index is 3.02. The van der Waals surface area contributed by atoms with E-state index in [4.69, 9.17) is 0 Å². The van der Waals surface area contributed by atoms with Gasteiger partial charge in [-0.2, -0.15) is 0 Å². The summed E-state index contributed by atoms with van der Waals surface area (Å²) in [5.74, 6) is -0.0932. The highest BCUT2D eigenvalue weighted by Crippen LogP contribution is 2.16. The van der Waals surface area contributed by atoms with Crippen molar-refractivity contribution in [3.8, 4) is 0 Å². The molecule has 0 fully saturated rings. The molecular formula is C9H9BrO2. The zero-order valence-electron chi connectivity index (χ0n) is 6.62. The first kappa shape index (κ1) is 9.26. The molecule has 1 aliphatic carbocycles. The maximum Gasteiger partial charge on any atom is 0.163 e. The van der Waals surface area contributed by atoms with E-state index in [-0.39, 0.29) is 16.4 Å². The van der Waals surface area contributed by atoms with Crippen molar-refractivity contribution in [1.29, 1.82) is 0 Å². The van der Waals surface area contributed by atoms with Gasteiger partial charge in [0.2, 0.25) is 0 Å². The van der Waals surface area contributed by atoms with Crippen LogP contribution in [0.2, 0.25) is 0 Å². The van der Waals surface area contributed by atoms with Crippen LogP contribution in [0.4, 0.5) is 0 Å². The number of ketones is 1. The molecule has 0 aliphatic heterocycles. The lowest BCUT2D eigenvalue weighted by Crippen LogP contribution is -2.00. The van der Waals surface area contributed by atoms with E-state index < -0.39 is 0 Å². The lowest BCUT2D eigenvalue weighted by molar-refractivity contribution is -0.113. The number of rotatable bonds is 1. The average molecular weight is 229 g/mol. The van der Waals surface area contributed by atoms with Crippen molar-refractivity contribution in [3.05, 3.63) is 35.6 Å². The Kier molecular flexibility index (Phi) is 2.87. The van der Waals surface area contributed by atoms with E-state index in [0.29, 0.717) is 5.57 Å². The molecule has 0 bridgehead atoms. The van der Waals surface area contributed by atoms with Crippen molar-refractivity contribution >= 4 is 21.7 Å². The van der Waals surface area contributed by atoms with Crippen LogP contribution in [-0.2, 0) is 4.79 Å². The van der Waals surface area contributed by atoms with Gasteiger partial charge >= 0.3 is 0 Å². The molecular weight excluding hydrogens is 220 g/mol. The molecule has 1 atom stereocenters. The maximum atomic E-state index is 11.0. The summed E-state index contributed by atoms with van der Waals surface area (Å²) in [4.78, 5) is 10.9. The topological polar surface area (TPSA) is 37.3 Å². The molecule has 0 saturated heterocycles. The molecule has 1 unspecified atom stereocenters. The summed E-state index contributed by atoms with van der Waals surface area (Å²) in [7, 11) is 0. The molecule has 1 rings (SSSR count). The van der Waals surface area contributed by atoms with E-state index in [1.165, 1.54) is 6.92 Å². The predicted octanol–water partition coefficient (Wildman–Crippen LogP) is 2.28. The molecule has 0 aromatic heterocycles. The van der Waals surface area contributed by atoms with Crippen molar-refractivity contribution in [1.82, 2.24) is 0 Å². The van der Waals surface area contributed by atoms with Crippen LogP contribution in [-0.4, -0.2) is 15.7 Å². The Hall–Kier alpha value is -0.830. The highest BCUT2D eigenvalue weighted by molar-refractivity contribution is 9.09. The van der Waals surface area contributed by atoms with Gasteiger partial charge in [-0.15, -0.1) is 0 Å². The molecule has 0 aromatic carbocycles. The number of halogens is 1. The van der Waals surface area contributed by atoms with Crippen LogP contribution in [0, 0.1) is 0 Å². The number of carbonyl (C=O) groups excluding carboxylic acids is 1. The van der Waals surface area contributed by atoms with Gasteiger partial charge in [0, 0.05) is 0 Å². The number of aliphatic hydroxyl groups excluding tert-OH is 1. The van der Waals surface area contributed by atoms with Gasteiger partial charge in [-0.1, -0.05) is 28.1 Å². The van der Waals surface area contributed by atoms with E-state index in [0.717, 1.165) is 0 Å². The van der Waals surface area contributed by atoms with Crippen molar-refractivity contribution in [2.24, 2.45) is 0 Å². The van der Waals surface area contributed by atoms with Gasteiger partial charge in [0.15, 0.2) is 5.78 Å². The minimum Gasteiger partial charge on any atom is -0.507 e. The number of aliphatic hydroxyl groups is 1. The Morgan fingerprint density at radius 1 is 1.67 bits per heavy atom. The molecule has 0 saturated carbocycles. The lowest BCUT2D eigenvalue weighted by Gasteiger charge is -2.00. The second kappa shape index (κ2) is 3.72. The molecule has 0 amide bonds. The van der Waals surface area contributed by atoms with Crippen LogP contribution >= 0.6 is 15.9 Å². The molecule has 1 aliphatic rings. The Morgan fingerprint density at radius 2 is 2.33 bits per heavy atom. The average Bonchev–Trinajstić information content (AvgIpc) is 2.10. The van der Waals surface area contributed by atoms with Crippen LogP contribution in [0.25, 0.3) is 0 Å². The fourth-order valence-electron chi connectivity index (χ4n) is 0.937. The number of hydrogen-bond donors (Lipinski definition) is 1. The SMILES string of the molecule is CC(=O)C1=CC=CC(Br)C=C1O. The highest BCUT2D eigenvalue weighted by atomic mass is 79.9. The van der Waals surface area contributed by atoms with E-state index in [1.54, 1.807) is 18.2 Å². The minimum atomic E-state index is -0.130. The van der Waals surface area contributed by atoms with Crippen molar-refractivity contribution < 1.29 is 9.90 Å². The normalized spacial score (nSPS) is 22.7. The van der Waals surface area contributed by atoms with Crippen LogP contribution in [0.5, 0.6) is 0 Å².